The molecule has 3 heterocycles. The summed E-state index contributed by atoms with van der Waals surface area (Å²) >= 11 is 0. The van der Waals surface area contributed by atoms with E-state index in [0.717, 1.165) is 66.4 Å². The molecule has 14 aromatic rings. The molecule has 0 saturated carbocycles. The molecule has 0 aliphatic heterocycles. The topological polar surface area (TPSA) is 48.5 Å². The number of hydrogen-bond donors (Lipinski definition) is 0. The van der Waals surface area contributed by atoms with Gasteiger partial charge >= 0.3 is 0 Å². The van der Waals surface area contributed by atoms with E-state index < -0.39 is 0 Å². The number of nitrogens with zero attached hydrogens (tertiary/aromatic N) is 5. The van der Waals surface area contributed by atoms with Crippen LogP contribution in [0.5, 0.6) is 0 Å². The molecule has 0 radical (unpaired) electrons. The van der Waals surface area contributed by atoms with Crippen molar-refractivity contribution in [2.24, 2.45) is 0 Å². The first-order valence-electron chi connectivity index (χ1n) is 23.1. The van der Waals surface area contributed by atoms with Crippen molar-refractivity contribution < 1.29 is 0 Å². The molecule has 0 aliphatic rings. The van der Waals surface area contributed by atoms with Crippen LogP contribution in [-0.4, -0.2) is 24.1 Å². The van der Waals surface area contributed by atoms with Gasteiger partial charge in [0, 0.05) is 54.7 Å². The zero-order valence-corrected chi connectivity index (χ0v) is 36.8. The van der Waals surface area contributed by atoms with Crippen molar-refractivity contribution in [1.82, 2.24) is 24.1 Å². The summed E-state index contributed by atoms with van der Waals surface area (Å²) in [5.41, 5.74) is 11.7. The Morgan fingerprint density at radius 2 is 0.809 bits per heavy atom. The second-order valence-corrected chi connectivity index (χ2v) is 17.6. The van der Waals surface area contributed by atoms with Crippen molar-refractivity contribution >= 4 is 75.9 Å². The summed E-state index contributed by atoms with van der Waals surface area (Å²) in [7, 11) is 0. The van der Waals surface area contributed by atoms with Crippen LogP contribution in [0, 0.1) is 0 Å². The van der Waals surface area contributed by atoms with E-state index >= 15 is 0 Å². The van der Waals surface area contributed by atoms with Crippen LogP contribution in [0.25, 0.3) is 133 Å². The Hall–Kier alpha value is -9.19. The Morgan fingerprint density at radius 3 is 1.57 bits per heavy atom. The highest BCUT2D eigenvalue weighted by molar-refractivity contribution is 6.19. The van der Waals surface area contributed by atoms with Crippen molar-refractivity contribution in [2.75, 3.05) is 0 Å². The molecule has 0 atom stereocenters. The highest BCUT2D eigenvalue weighted by atomic mass is 15.1. The van der Waals surface area contributed by atoms with Crippen LogP contribution >= 0.6 is 0 Å². The summed E-state index contributed by atoms with van der Waals surface area (Å²) in [6.07, 6.45) is 0. The Kier molecular flexibility index (Phi) is 8.52. The molecular formula is C63H39N5. The molecule has 68 heavy (non-hydrogen) atoms. The second kappa shape index (κ2) is 15.2. The Balaban J connectivity index is 1.03. The highest BCUT2D eigenvalue weighted by Gasteiger charge is 2.23. The number of rotatable bonds is 6. The Bertz CT molecular complexity index is 4320. The van der Waals surface area contributed by atoms with Gasteiger partial charge in [0.15, 0.2) is 17.5 Å². The smallest absolute Gasteiger partial charge is 0.166 e. The molecule has 0 fully saturated rings. The van der Waals surface area contributed by atoms with E-state index in [9.17, 15) is 0 Å². The lowest BCUT2D eigenvalue weighted by Crippen LogP contribution is -2.05. The fourth-order valence-electron chi connectivity index (χ4n) is 10.6. The molecule has 0 bridgehead atoms. The zero-order valence-electron chi connectivity index (χ0n) is 36.8. The summed E-state index contributed by atoms with van der Waals surface area (Å²) in [6, 6.07) is 84.6. The quantitative estimate of drug-likeness (QED) is 0.167. The minimum absolute atomic E-state index is 0.604. The first-order valence-corrected chi connectivity index (χ1v) is 23.1. The van der Waals surface area contributed by atoms with Crippen molar-refractivity contribution in [3.8, 4) is 56.7 Å². The standard InChI is InChI=1S/C63H39N5/c1-3-17-40(18-4-1)47-23-11-12-28-53(47)62-64-61(43-21-5-2-6-22-43)65-63(66-62)54-36-33-42-20-8-10-25-49(42)60(54)68-57-30-16-14-27-51(57)55-38-45-37-46(34-31-44(45)39-58(55)68)67-56-29-15-13-26-50(56)52-35-32-41-19-7-9-24-48(41)59(52)67/h1-39H. The first-order chi connectivity index (χ1) is 33.7. The average molecular weight is 866 g/mol. The van der Waals surface area contributed by atoms with E-state index in [1.165, 1.54) is 48.7 Å². The van der Waals surface area contributed by atoms with Gasteiger partial charge in [-0.1, -0.05) is 194 Å². The van der Waals surface area contributed by atoms with Crippen LogP contribution in [0.3, 0.4) is 0 Å². The largest absolute Gasteiger partial charge is 0.309 e. The monoisotopic (exact) mass is 865 g/mol. The number of hydrogen-bond acceptors (Lipinski definition) is 3. The summed E-state index contributed by atoms with van der Waals surface area (Å²) in [5, 5.41) is 11.9. The third kappa shape index (κ3) is 5.93. The van der Waals surface area contributed by atoms with Crippen LogP contribution in [0.15, 0.2) is 237 Å². The number of aromatic nitrogens is 5. The molecule has 0 amide bonds. The third-order valence-electron chi connectivity index (χ3n) is 13.7. The van der Waals surface area contributed by atoms with Gasteiger partial charge in [-0.15, -0.1) is 0 Å². The number of para-hydroxylation sites is 2. The van der Waals surface area contributed by atoms with Gasteiger partial charge in [-0.3, -0.25) is 0 Å². The van der Waals surface area contributed by atoms with E-state index in [1.54, 1.807) is 0 Å². The van der Waals surface area contributed by atoms with E-state index in [0.29, 0.717) is 17.5 Å². The molecule has 11 aromatic carbocycles. The van der Waals surface area contributed by atoms with Crippen LogP contribution in [0.4, 0.5) is 0 Å². The normalized spacial score (nSPS) is 11.8. The maximum absolute atomic E-state index is 5.43. The minimum Gasteiger partial charge on any atom is -0.309 e. The number of fused-ring (bicyclic) bond motifs is 10. The molecule has 0 saturated heterocycles. The molecule has 5 heteroatoms. The van der Waals surface area contributed by atoms with Gasteiger partial charge in [0.1, 0.15) is 0 Å². The van der Waals surface area contributed by atoms with Crippen molar-refractivity contribution in [2.45, 2.75) is 0 Å². The molecular weight excluding hydrogens is 827 g/mol. The predicted molar refractivity (Wildman–Crippen MR) is 283 cm³/mol. The average Bonchev–Trinajstić information content (AvgIpc) is 3.92. The highest BCUT2D eigenvalue weighted by Crippen LogP contribution is 2.43. The molecule has 0 unspecified atom stereocenters. The van der Waals surface area contributed by atoms with Gasteiger partial charge < -0.3 is 9.13 Å². The molecule has 316 valence electrons. The second-order valence-electron chi connectivity index (χ2n) is 17.6. The minimum atomic E-state index is 0.604. The third-order valence-corrected chi connectivity index (χ3v) is 13.7. The maximum atomic E-state index is 5.43. The van der Waals surface area contributed by atoms with Gasteiger partial charge in [0.05, 0.1) is 27.8 Å². The van der Waals surface area contributed by atoms with Crippen LogP contribution < -0.4 is 0 Å². The van der Waals surface area contributed by atoms with Gasteiger partial charge in [0.2, 0.25) is 0 Å². The fraction of sp³-hybridized carbons (Fsp3) is 0. The SMILES string of the molecule is c1ccc(-c2nc(-c3ccccc3-c3ccccc3)nc(-c3ccc4ccccc4c3-n3c4ccccc4c4cc5cc(-n6c7ccccc7c7ccc8ccccc8c76)ccc5cc43)n2)cc1. The van der Waals surface area contributed by atoms with Gasteiger partial charge in [-0.2, -0.15) is 0 Å². The van der Waals surface area contributed by atoms with Crippen molar-refractivity contribution in [1.29, 1.82) is 0 Å². The van der Waals surface area contributed by atoms with Gasteiger partial charge in [-0.05, 0) is 75.1 Å². The summed E-state index contributed by atoms with van der Waals surface area (Å²) in [5.74, 6) is 1.84. The molecule has 3 aromatic heterocycles. The van der Waals surface area contributed by atoms with E-state index in [2.05, 4.69) is 221 Å². The first kappa shape index (κ1) is 38.1. The zero-order chi connectivity index (χ0) is 44.7. The lowest BCUT2D eigenvalue weighted by Gasteiger charge is -2.18. The Labute approximate surface area is 391 Å². The van der Waals surface area contributed by atoms with Gasteiger partial charge in [-0.25, -0.2) is 15.0 Å². The molecule has 0 aliphatic carbocycles. The van der Waals surface area contributed by atoms with Crippen LogP contribution in [-0.2, 0) is 0 Å². The van der Waals surface area contributed by atoms with E-state index in [-0.39, 0.29) is 0 Å². The van der Waals surface area contributed by atoms with Gasteiger partial charge in [0.25, 0.3) is 0 Å². The fourth-order valence-corrected chi connectivity index (χ4v) is 10.6. The predicted octanol–water partition coefficient (Wildman–Crippen LogP) is 16.2. The Morgan fingerprint density at radius 1 is 0.265 bits per heavy atom. The number of benzene rings is 11. The lowest BCUT2D eigenvalue weighted by molar-refractivity contribution is 1.07. The van der Waals surface area contributed by atoms with Crippen molar-refractivity contribution in [3.05, 3.63) is 237 Å². The van der Waals surface area contributed by atoms with E-state index in [1.807, 2.05) is 24.3 Å². The molecule has 5 nitrogen and oxygen atoms in total. The summed E-state index contributed by atoms with van der Waals surface area (Å²) < 4.78 is 4.89. The maximum Gasteiger partial charge on any atom is 0.166 e. The van der Waals surface area contributed by atoms with Crippen molar-refractivity contribution in [3.63, 3.8) is 0 Å². The summed E-state index contributed by atoms with van der Waals surface area (Å²) in [6.45, 7) is 0. The lowest BCUT2D eigenvalue weighted by atomic mass is 9.99. The molecule has 14 rings (SSSR count). The molecule has 0 spiro atoms. The van der Waals surface area contributed by atoms with Crippen LogP contribution in [0.2, 0.25) is 0 Å². The van der Waals surface area contributed by atoms with E-state index in [4.69, 9.17) is 15.0 Å². The summed E-state index contributed by atoms with van der Waals surface area (Å²) in [4.78, 5) is 16.0. The van der Waals surface area contributed by atoms with Crippen LogP contribution in [0.1, 0.15) is 0 Å². The molecule has 0 N–H and O–H groups in total.